The lowest BCUT2D eigenvalue weighted by Crippen LogP contribution is -2.59. The number of rotatable bonds is 6. The van der Waals surface area contributed by atoms with Gasteiger partial charge >= 0.3 is 0 Å². The first-order valence-corrected chi connectivity index (χ1v) is 5.28. The van der Waals surface area contributed by atoms with Crippen molar-refractivity contribution >= 4 is 0 Å². The minimum absolute atomic E-state index is 0.507. The van der Waals surface area contributed by atoms with Crippen LogP contribution in [0.5, 0.6) is 0 Å². The van der Waals surface area contributed by atoms with Crippen molar-refractivity contribution in [1.82, 2.24) is 10.6 Å². The highest BCUT2D eigenvalue weighted by molar-refractivity contribution is 4.85. The largest absolute Gasteiger partial charge is 0.380 e. The normalized spacial score (nSPS) is 20.3. The summed E-state index contributed by atoms with van der Waals surface area (Å²) in [5.74, 6) is 0.646. The maximum absolute atomic E-state index is 5.44. The van der Waals surface area contributed by atoms with Gasteiger partial charge in [0, 0.05) is 31.8 Å². The average molecular weight is 186 g/mol. The van der Waals surface area contributed by atoms with Crippen LogP contribution in [0.15, 0.2) is 0 Å². The zero-order valence-electron chi connectivity index (χ0n) is 8.97. The van der Waals surface area contributed by atoms with Gasteiger partial charge in [0.05, 0.1) is 6.61 Å². The second-order valence-corrected chi connectivity index (χ2v) is 4.03. The third kappa shape index (κ3) is 3.63. The van der Waals surface area contributed by atoms with E-state index in [-0.39, 0.29) is 0 Å². The van der Waals surface area contributed by atoms with E-state index in [9.17, 15) is 0 Å². The van der Waals surface area contributed by atoms with Crippen LogP contribution in [0.25, 0.3) is 0 Å². The van der Waals surface area contributed by atoms with Gasteiger partial charge in [-0.2, -0.15) is 0 Å². The molecule has 0 aromatic rings. The van der Waals surface area contributed by atoms with Crippen LogP contribution in [0.1, 0.15) is 20.8 Å². The predicted octanol–water partition coefficient (Wildman–Crippen LogP) is 0.609. The van der Waals surface area contributed by atoms with E-state index in [4.69, 9.17) is 4.74 Å². The van der Waals surface area contributed by atoms with E-state index in [0.29, 0.717) is 18.0 Å². The van der Waals surface area contributed by atoms with Crippen molar-refractivity contribution in [2.75, 3.05) is 26.3 Å². The molecule has 3 nitrogen and oxygen atoms in total. The second kappa shape index (κ2) is 5.58. The number of hydrogen-bond acceptors (Lipinski definition) is 3. The summed E-state index contributed by atoms with van der Waals surface area (Å²) in [6.07, 6.45) is 0. The Kier molecular flexibility index (Phi) is 4.70. The van der Waals surface area contributed by atoms with Crippen LogP contribution in [0.2, 0.25) is 0 Å². The van der Waals surface area contributed by atoms with Crippen LogP contribution in [0, 0.1) is 5.92 Å². The van der Waals surface area contributed by atoms with Crippen LogP contribution >= 0.6 is 0 Å². The van der Waals surface area contributed by atoms with Crippen molar-refractivity contribution in [3.05, 3.63) is 0 Å². The SMILES string of the molecule is CCOCC(NC1CNC1)C(C)C. The van der Waals surface area contributed by atoms with Crippen molar-refractivity contribution < 1.29 is 4.74 Å². The highest BCUT2D eigenvalue weighted by Gasteiger charge is 2.22. The first-order valence-electron chi connectivity index (χ1n) is 5.28. The summed E-state index contributed by atoms with van der Waals surface area (Å²) >= 11 is 0. The molecular formula is C10H22N2O. The fraction of sp³-hybridized carbons (Fsp3) is 1.00. The van der Waals surface area contributed by atoms with Gasteiger partial charge in [-0.05, 0) is 12.8 Å². The molecule has 1 heterocycles. The molecule has 1 unspecified atom stereocenters. The molecule has 0 spiro atoms. The number of hydrogen-bond donors (Lipinski definition) is 2. The van der Waals surface area contributed by atoms with Gasteiger partial charge in [0.1, 0.15) is 0 Å². The summed E-state index contributed by atoms with van der Waals surface area (Å²) < 4.78 is 5.44. The van der Waals surface area contributed by atoms with E-state index < -0.39 is 0 Å². The van der Waals surface area contributed by atoms with Gasteiger partial charge in [-0.15, -0.1) is 0 Å². The average Bonchev–Trinajstić information content (AvgIpc) is 2.01. The molecule has 0 aromatic heterocycles. The van der Waals surface area contributed by atoms with Gasteiger partial charge in [0.25, 0.3) is 0 Å². The van der Waals surface area contributed by atoms with E-state index in [1.54, 1.807) is 0 Å². The van der Waals surface area contributed by atoms with E-state index in [1.807, 2.05) is 6.92 Å². The predicted molar refractivity (Wildman–Crippen MR) is 54.9 cm³/mol. The maximum atomic E-state index is 5.44. The van der Waals surface area contributed by atoms with Crippen molar-refractivity contribution in [3.8, 4) is 0 Å². The Hall–Kier alpha value is -0.120. The summed E-state index contributed by atoms with van der Waals surface area (Å²) in [6.45, 7) is 10.4. The van der Waals surface area contributed by atoms with Crippen molar-refractivity contribution in [2.45, 2.75) is 32.9 Å². The Labute approximate surface area is 81.2 Å². The Balaban J connectivity index is 2.19. The van der Waals surface area contributed by atoms with E-state index in [1.165, 1.54) is 0 Å². The molecule has 1 aliphatic heterocycles. The van der Waals surface area contributed by atoms with Crippen LogP contribution in [0.3, 0.4) is 0 Å². The molecule has 3 heteroatoms. The minimum atomic E-state index is 0.507. The van der Waals surface area contributed by atoms with E-state index in [0.717, 1.165) is 26.3 Å². The summed E-state index contributed by atoms with van der Waals surface area (Å²) in [7, 11) is 0. The maximum Gasteiger partial charge on any atom is 0.0622 e. The Morgan fingerprint density at radius 1 is 1.46 bits per heavy atom. The number of nitrogens with one attached hydrogen (secondary N) is 2. The summed E-state index contributed by atoms with van der Waals surface area (Å²) in [6, 6.07) is 1.17. The highest BCUT2D eigenvalue weighted by Crippen LogP contribution is 2.05. The van der Waals surface area contributed by atoms with E-state index >= 15 is 0 Å². The zero-order valence-corrected chi connectivity index (χ0v) is 8.97. The molecule has 0 amide bonds. The Morgan fingerprint density at radius 2 is 2.15 bits per heavy atom. The molecule has 0 aromatic carbocycles. The molecule has 13 heavy (non-hydrogen) atoms. The first-order chi connectivity index (χ1) is 6.24. The summed E-state index contributed by atoms with van der Waals surface area (Å²) in [4.78, 5) is 0. The second-order valence-electron chi connectivity index (χ2n) is 4.03. The molecule has 0 aliphatic carbocycles. The third-order valence-corrected chi connectivity index (χ3v) is 2.54. The monoisotopic (exact) mass is 186 g/mol. The van der Waals surface area contributed by atoms with Crippen LogP contribution in [-0.2, 0) is 4.74 Å². The molecule has 1 rings (SSSR count). The van der Waals surface area contributed by atoms with Gasteiger partial charge in [0.2, 0.25) is 0 Å². The van der Waals surface area contributed by atoms with Crippen molar-refractivity contribution in [3.63, 3.8) is 0 Å². The third-order valence-electron chi connectivity index (χ3n) is 2.54. The summed E-state index contributed by atoms with van der Waals surface area (Å²) in [5.41, 5.74) is 0. The number of ether oxygens (including phenoxy) is 1. The fourth-order valence-electron chi connectivity index (χ4n) is 1.39. The Bertz CT molecular complexity index is 135. The van der Waals surface area contributed by atoms with Crippen LogP contribution < -0.4 is 10.6 Å². The minimum Gasteiger partial charge on any atom is -0.380 e. The smallest absolute Gasteiger partial charge is 0.0622 e. The molecule has 0 saturated carbocycles. The molecule has 78 valence electrons. The fourth-order valence-corrected chi connectivity index (χ4v) is 1.39. The molecule has 1 atom stereocenters. The molecule has 2 N–H and O–H groups in total. The van der Waals surface area contributed by atoms with Gasteiger partial charge in [0.15, 0.2) is 0 Å². The van der Waals surface area contributed by atoms with Gasteiger partial charge in [-0.3, -0.25) is 0 Å². The molecule has 1 saturated heterocycles. The first kappa shape index (κ1) is 11.0. The molecule has 0 bridgehead atoms. The van der Waals surface area contributed by atoms with E-state index in [2.05, 4.69) is 24.5 Å². The lowest BCUT2D eigenvalue weighted by molar-refractivity contribution is 0.0991. The Morgan fingerprint density at radius 3 is 2.54 bits per heavy atom. The van der Waals surface area contributed by atoms with Gasteiger partial charge in [-0.25, -0.2) is 0 Å². The zero-order chi connectivity index (χ0) is 9.68. The highest BCUT2D eigenvalue weighted by atomic mass is 16.5. The molecule has 1 fully saturated rings. The molecular weight excluding hydrogens is 164 g/mol. The van der Waals surface area contributed by atoms with Crippen LogP contribution in [0.4, 0.5) is 0 Å². The van der Waals surface area contributed by atoms with Gasteiger partial charge in [-0.1, -0.05) is 13.8 Å². The molecule has 1 aliphatic rings. The van der Waals surface area contributed by atoms with Gasteiger partial charge < -0.3 is 15.4 Å². The molecule has 0 radical (unpaired) electrons. The van der Waals surface area contributed by atoms with Crippen LogP contribution in [-0.4, -0.2) is 38.4 Å². The topological polar surface area (TPSA) is 33.3 Å². The van der Waals surface area contributed by atoms with Crippen molar-refractivity contribution in [2.24, 2.45) is 5.92 Å². The standard InChI is InChI=1S/C10H22N2O/c1-4-13-7-10(8(2)3)12-9-5-11-6-9/h8-12H,4-7H2,1-3H3. The quantitative estimate of drug-likeness (QED) is 0.637. The lowest BCUT2D eigenvalue weighted by atomic mass is 10.0. The lowest BCUT2D eigenvalue weighted by Gasteiger charge is -2.34. The van der Waals surface area contributed by atoms with Crippen molar-refractivity contribution in [1.29, 1.82) is 0 Å². The summed E-state index contributed by atoms with van der Waals surface area (Å²) in [5, 5.41) is 6.86.